The third-order valence-corrected chi connectivity index (χ3v) is 4.50. The van der Waals surface area contributed by atoms with Crippen LogP contribution in [-0.2, 0) is 9.59 Å². The van der Waals surface area contributed by atoms with Crippen LogP contribution < -0.4 is 5.32 Å². The van der Waals surface area contributed by atoms with E-state index < -0.39 is 11.9 Å². The minimum Gasteiger partial charge on any atom is -0.481 e. The molecule has 0 radical (unpaired) electrons. The molecule has 2 atom stereocenters. The first kappa shape index (κ1) is 17.5. The average molecular weight is 423 g/mol. The van der Waals surface area contributed by atoms with Gasteiger partial charge in [-0.15, -0.1) is 0 Å². The molecule has 0 aliphatic carbocycles. The zero-order chi connectivity index (χ0) is 16.8. The van der Waals surface area contributed by atoms with Crippen molar-refractivity contribution < 1.29 is 14.7 Å². The minimum absolute atomic E-state index is 0.0582. The summed E-state index contributed by atoms with van der Waals surface area (Å²) >= 11 is 2.18. The lowest BCUT2D eigenvalue weighted by molar-refractivity contribution is -0.144. The van der Waals surface area contributed by atoms with Gasteiger partial charge in [0.05, 0.1) is 5.92 Å². The van der Waals surface area contributed by atoms with E-state index in [2.05, 4.69) is 27.9 Å². The topological polar surface area (TPSA) is 66.4 Å². The van der Waals surface area contributed by atoms with Gasteiger partial charge in [-0.3, -0.25) is 9.59 Å². The maximum atomic E-state index is 12.2. The van der Waals surface area contributed by atoms with Gasteiger partial charge in [0, 0.05) is 15.7 Å². The summed E-state index contributed by atoms with van der Waals surface area (Å²) < 4.78 is 1.07. The Labute approximate surface area is 149 Å². The Bertz CT molecular complexity index is 670. The molecule has 5 heteroatoms. The SMILES string of the molecule is CC(c1ccccc1)C(CC(=O)Nc1ccc(I)cc1)C(=O)O. The van der Waals surface area contributed by atoms with Crippen molar-refractivity contribution in [3.63, 3.8) is 0 Å². The largest absolute Gasteiger partial charge is 0.481 e. The lowest BCUT2D eigenvalue weighted by Gasteiger charge is -2.20. The van der Waals surface area contributed by atoms with Crippen molar-refractivity contribution in [3.8, 4) is 0 Å². The van der Waals surface area contributed by atoms with Gasteiger partial charge in [0.1, 0.15) is 0 Å². The van der Waals surface area contributed by atoms with Gasteiger partial charge in [0.25, 0.3) is 0 Å². The zero-order valence-electron chi connectivity index (χ0n) is 12.7. The average Bonchev–Trinajstić information content (AvgIpc) is 2.55. The fourth-order valence-electron chi connectivity index (χ4n) is 2.41. The minimum atomic E-state index is -0.959. The standard InChI is InChI=1S/C18H18INO3/c1-12(13-5-3-2-4-6-13)16(18(22)23)11-17(21)20-15-9-7-14(19)8-10-15/h2-10,12,16H,11H2,1H3,(H,20,21)(H,22,23). The molecule has 2 N–H and O–H groups in total. The Kier molecular flexibility index (Phi) is 6.15. The number of amides is 1. The number of halogens is 1. The number of carboxylic acids is 1. The van der Waals surface area contributed by atoms with E-state index in [9.17, 15) is 14.7 Å². The quantitative estimate of drug-likeness (QED) is 0.687. The van der Waals surface area contributed by atoms with Crippen molar-refractivity contribution in [3.05, 3.63) is 63.7 Å². The van der Waals surface area contributed by atoms with E-state index in [1.807, 2.05) is 49.4 Å². The highest BCUT2D eigenvalue weighted by atomic mass is 127. The molecule has 2 rings (SSSR count). The number of aliphatic carboxylic acids is 1. The number of carbonyl (C=O) groups excluding carboxylic acids is 1. The Morgan fingerprint density at radius 2 is 1.70 bits per heavy atom. The summed E-state index contributed by atoms with van der Waals surface area (Å²) in [5.41, 5.74) is 1.59. The summed E-state index contributed by atoms with van der Waals surface area (Å²) in [5.74, 6) is -2.25. The molecular formula is C18H18INO3. The molecule has 0 bridgehead atoms. The fraction of sp³-hybridized carbons (Fsp3) is 0.222. The first-order chi connectivity index (χ1) is 11.0. The van der Waals surface area contributed by atoms with Gasteiger partial charge in [-0.2, -0.15) is 0 Å². The fourth-order valence-corrected chi connectivity index (χ4v) is 2.77. The summed E-state index contributed by atoms with van der Waals surface area (Å²) in [4.78, 5) is 23.7. The Balaban J connectivity index is 2.05. The van der Waals surface area contributed by atoms with E-state index in [0.29, 0.717) is 5.69 Å². The van der Waals surface area contributed by atoms with Crippen LogP contribution in [0.4, 0.5) is 5.69 Å². The van der Waals surface area contributed by atoms with Crippen LogP contribution in [0.25, 0.3) is 0 Å². The summed E-state index contributed by atoms with van der Waals surface area (Å²) in [5, 5.41) is 12.2. The lowest BCUT2D eigenvalue weighted by Crippen LogP contribution is -2.26. The van der Waals surface area contributed by atoms with E-state index in [1.165, 1.54) is 0 Å². The lowest BCUT2D eigenvalue weighted by atomic mass is 9.85. The Hall–Kier alpha value is -1.89. The van der Waals surface area contributed by atoms with E-state index >= 15 is 0 Å². The van der Waals surface area contributed by atoms with E-state index in [4.69, 9.17) is 0 Å². The first-order valence-corrected chi connectivity index (χ1v) is 8.38. The summed E-state index contributed by atoms with van der Waals surface area (Å²) in [6.45, 7) is 1.84. The van der Waals surface area contributed by atoms with Crippen molar-refractivity contribution in [1.29, 1.82) is 0 Å². The highest BCUT2D eigenvalue weighted by Crippen LogP contribution is 2.27. The third-order valence-electron chi connectivity index (χ3n) is 3.78. The first-order valence-electron chi connectivity index (χ1n) is 7.30. The number of anilines is 1. The van der Waals surface area contributed by atoms with Gasteiger partial charge in [-0.25, -0.2) is 0 Å². The molecule has 0 saturated carbocycles. The van der Waals surface area contributed by atoms with Crippen molar-refractivity contribution >= 4 is 40.2 Å². The molecule has 23 heavy (non-hydrogen) atoms. The van der Waals surface area contributed by atoms with Crippen LogP contribution in [0.3, 0.4) is 0 Å². The zero-order valence-corrected chi connectivity index (χ0v) is 14.9. The molecular weight excluding hydrogens is 405 g/mol. The molecule has 0 aliphatic heterocycles. The predicted octanol–water partition coefficient (Wildman–Crippen LogP) is 4.12. The summed E-state index contributed by atoms with van der Waals surface area (Å²) in [6.07, 6.45) is -0.0582. The molecule has 0 heterocycles. The number of hydrogen-bond acceptors (Lipinski definition) is 2. The molecule has 2 unspecified atom stereocenters. The summed E-state index contributed by atoms with van der Waals surface area (Å²) in [6, 6.07) is 16.8. The van der Waals surface area contributed by atoms with E-state index in [1.54, 1.807) is 12.1 Å². The van der Waals surface area contributed by atoms with Crippen LogP contribution in [0, 0.1) is 9.49 Å². The third kappa shape index (κ3) is 5.06. The molecule has 2 aromatic rings. The number of rotatable bonds is 6. The van der Waals surface area contributed by atoms with Crippen molar-refractivity contribution in [2.24, 2.45) is 5.92 Å². The Morgan fingerprint density at radius 1 is 1.09 bits per heavy atom. The van der Waals surface area contributed by atoms with E-state index in [0.717, 1.165) is 9.13 Å². The van der Waals surface area contributed by atoms with Gasteiger partial charge in [-0.1, -0.05) is 37.3 Å². The van der Waals surface area contributed by atoms with Gasteiger partial charge in [0.15, 0.2) is 0 Å². The van der Waals surface area contributed by atoms with Gasteiger partial charge >= 0.3 is 5.97 Å². The number of nitrogens with one attached hydrogen (secondary N) is 1. The maximum Gasteiger partial charge on any atom is 0.307 e. The monoisotopic (exact) mass is 423 g/mol. The Morgan fingerprint density at radius 3 is 2.26 bits per heavy atom. The smallest absolute Gasteiger partial charge is 0.307 e. The second-order valence-corrected chi connectivity index (χ2v) is 6.65. The van der Waals surface area contributed by atoms with Gasteiger partial charge in [0.2, 0.25) is 5.91 Å². The van der Waals surface area contributed by atoms with Crippen LogP contribution in [0.15, 0.2) is 54.6 Å². The van der Waals surface area contributed by atoms with Crippen molar-refractivity contribution in [1.82, 2.24) is 0 Å². The molecule has 2 aromatic carbocycles. The molecule has 1 amide bonds. The molecule has 0 spiro atoms. The van der Waals surface area contributed by atoms with Crippen molar-refractivity contribution in [2.45, 2.75) is 19.3 Å². The highest BCUT2D eigenvalue weighted by molar-refractivity contribution is 14.1. The van der Waals surface area contributed by atoms with Crippen molar-refractivity contribution in [2.75, 3.05) is 5.32 Å². The van der Waals surface area contributed by atoms with Crippen LogP contribution >= 0.6 is 22.6 Å². The molecule has 4 nitrogen and oxygen atoms in total. The maximum absolute atomic E-state index is 12.2. The normalized spacial score (nSPS) is 13.1. The molecule has 0 fully saturated rings. The molecule has 0 saturated heterocycles. The second-order valence-electron chi connectivity index (χ2n) is 5.40. The number of hydrogen-bond donors (Lipinski definition) is 2. The molecule has 0 aliphatic rings. The van der Waals surface area contributed by atoms with Crippen LogP contribution in [0.1, 0.15) is 24.8 Å². The molecule has 0 aromatic heterocycles. The van der Waals surface area contributed by atoms with Crippen LogP contribution in [-0.4, -0.2) is 17.0 Å². The second kappa shape index (κ2) is 8.10. The molecule has 120 valence electrons. The number of benzene rings is 2. The van der Waals surface area contributed by atoms with Gasteiger partial charge in [-0.05, 0) is 58.3 Å². The van der Waals surface area contributed by atoms with E-state index in [-0.39, 0.29) is 18.2 Å². The summed E-state index contributed by atoms with van der Waals surface area (Å²) in [7, 11) is 0. The number of carbonyl (C=O) groups is 2. The van der Waals surface area contributed by atoms with Crippen LogP contribution in [0.5, 0.6) is 0 Å². The van der Waals surface area contributed by atoms with Crippen LogP contribution in [0.2, 0.25) is 0 Å². The predicted molar refractivity (Wildman–Crippen MR) is 98.4 cm³/mol. The highest BCUT2D eigenvalue weighted by Gasteiger charge is 2.28. The number of carboxylic acid groups (broad SMARTS) is 1. The van der Waals surface area contributed by atoms with Gasteiger partial charge < -0.3 is 10.4 Å².